The minimum atomic E-state index is -1.38. The first kappa shape index (κ1) is 11.3. The molecule has 0 radical (unpaired) electrons. The van der Waals surface area contributed by atoms with E-state index in [0.717, 1.165) is 0 Å². The number of nitrogens with one attached hydrogen (secondary N) is 1. The summed E-state index contributed by atoms with van der Waals surface area (Å²) in [5.74, 6) is -0.453. The van der Waals surface area contributed by atoms with Crippen molar-refractivity contribution in [2.24, 2.45) is 0 Å². The molecule has 6 nitrogen and oxygen atoms in total. The van der Waals surface area contributed by atoms with E-state index in [9.17, 15) is 10.0 Å². The van der Waals surface area contributed by atoms with Crippen LogP contribution in [0.5, 0.6) is 0 Å². The van der Waals surface area contributed by atoms with Crippen molar-refractivity contribution in [2.75, 3.05) is 6.61 Å². The van der Waals surface area contributed by atoms with Gasteiger partial charge in [0.05, 0.1) is 13.0 Å². The number of hydrogen-bond acceptors (Lipinski definition) is 5. The van der Waals surface area contributed by atoms with Crippen molar-refractivity contribution in [2.45, 2.75) is 26.4 Å². The topological polar surface area (TPSA) is 83.3 Å². The fourth-order valence-corrected chi connectivity index (χ4v) is 0.668. The van der Waals surface area contributed by atoms with Gasteiger partial charge in [-0.15, -0.1) is 0 Å². The minimum Gasteiger partial charge on any atom is -0.566 e. The lowest BCUT2D eigenvalue weighted by Gasteiger charge is -2.15. The van der Waals surface area contributed by atoms with Crippen LogP contribution in [0, 0.1) is 5.21 Å². The van der Waals surface area contributed by atoms with E-state index >= 15 is 0 Å². The van der Waals surface area contributed by atoms with Crippen molar-refractivity contribution in [3.8, 4) is 0 Å². The van der Waals surface area contributed by atoms with Gasteiger partial charge in [0.25, 0.3) is 0 Å². The number of ether oxygens (including phenoxy) is 1. The second-order valence-corrected chi connectivity index (χ2v) is 2.20. The molecule has 0 heterocycles. The molecule has 0 spiro atoms. The van der Waals surface area contributed by atoms with Gasteiger partial charge >= 0.3 is 5.97 Å². The van der Waals surface area contributed by atoms with Crippen LogP contribution in [0.3, 0.4) is 0 Å². The molecule has 0 rings (SSSR count). The molecule has 12 heavy (non-hydrogen) atoms. The molecule has 0 aromatic rings. The van der Waals surface area contributed by atoms with Crippen LogP contribution in [0.1, 0.15) is 20.3 Å². The number of hydrogen-bond donors (Lipinski definition) is 2. The molecule has 0 aromatic carbocycles. The van der Waals surface area contributed by atoms with E-state index in [0.29, 0.717) is 6.61 Å². The van der Waals surface area contributed by atoms with Gasteiger partial charge in [0.15, 0.2) is 0 Å². The molecule has 0 aliphatic heterocycles. The summed E-state index contributed by atoms with van der Waals surface area (Å²) in [6.45, 7) is 3.46. The lowest BCUT2D eigenvalue weighted by molar-refractivity contribution is -1.21. The predicted octanol–water partition coefficient (Wildman–Crippen LogP) is -0.968. The van der Waals surface area contributed by atoms with Crippen molar-refractivity contribution in [3.63, 3.8) is 0 Å². The van der Waals surface area contributed by atoms with Crippen LogP contribution in [0.25, 0.3) is 0 Å². The van der Waals surface area contributed by atoms with Crippen LogP contribution >= 0.6 is 0 Å². The average Bonchev–Trinajstić information content (AvgIpc) is 1.84. The molecule has 2 N–H and O–H groups in total. The molecule has 0 saturated carbocycles. The smallest absolute Gasteiger partial charge is 0.308 e. The Morgan fingerprint density at radius 2 is 2.33 bits per heavy atom. The zero-order chi connectivity index (χ0) is 9.56. The van der Waals surface area contributed by atoms with Crippen molar-refractivity contribution >= 4 is 5.97 Å². The molecular formula is C6H13NO5. The molecule has 0 fully saturated rings. The van der Waals surface area contributed by atoms with E-state index < -0.39 is 17.5 Å². The highest BCUT2D eigenvalue weighted by molar-refractivity contribution is 5.69. The first-order valence-electron chi connectivity index (χ1n) is 3.61. The second kappa shape index (κ2) is 5.90. The normalized spacial score (nSPS) is 15.3. The van der Waals surface area contributed by atoms with E-state index in [-0.39, 0.29) is 6.42 Å². The molecule has 0 aliphatic carbocycles. The average molecular weight is 179 g/mol. The Hall–Kier alpha value is -0.690. The van der Waals surface area contributed by atoms with Crippen LogP contribution in [-0.4, -0.2) is 23.9 Å². The summed E-state index contributed by atoms with van der Waals surface area (Å²) in [6.07, 6.45) is -0.693. The number of quaternary nitrogens is 1. The molecule has 0 bridgehead atoms. The summed E-state index contributed by atoms with van der Waals surface area (Å²) >= 11 is 0. The van der Waals surface area contributed by atoms with Gasteiger partial charge in [0.1, 0.15) is 6.10 Å². The van der Waals surface area contributed by atoms with Crippen molar-refractivity contribution in [3.05, 3.63) is 5.21 Å². The van der Waals surface area contributed by atoms with E-state index in [4.69, 9.17) is 5.21 Å². The van der Waals surface area contributed by atoms with Gasteiger partial charge in [0.2, 0.25) is 0 Å². The van der Waals surface area contributed by atoms with Crippen molar-refractivity contribution in [1.82, 2.24) is 0 Å². The zero-order valence-electron chi connectivity index (χ0n) is 7.07. The van der Waals surface area contributed by atoms with E-state index in [1.54, 1.807) is 6.92 Å². The standard InChI is InChI=1S/C6H13NO5/c1-3-11-6(8)4-5(2)12-7(9)10/h5,7,9H,3-4H2,1-2H3/t5-/m1/s1. The first-order valence-corrected chi connectivity index (χ1v) is 3.61. The molecule has 0 amide bonds. The van der Waals surface area contributed by atoms with E-state index in [1.165, 1.54) is 6.92 Å². The SMILES string of the molecule is CCOC(=O)C[C@@H](C)O[NH+]([O-])O. The Morgan fingerprint density at radius 3 is 2.75 bits per heavy atom. The van der Waals surface area contributed by atoms with Crippen molar-refractivity contribution in [1.29, 1.82) is 0 Å². The Morgan fingerprint density at radius 1 is 1.75 bits per heavy atom. The Labute approximate surface area is 70.2 Å². The maximum atomic E-state index is 10.7. The number of rotatable bonds is 5. The summed E-state index contributed by atoms with van der Waals surface area (Å²) in [5.41, 5.74) is 0. The third-order valence-corrected chi connectivity index (χ3v) is 1.06. The Balaban J connectivity index is 3.54. The third kappa shape index (κ3) is 6.05. The maximum absolute atomic E-state index is 10.7. The summed E-state index contributed by atoms with van der Waals surface area (Å²) in [5, 5.41) is 16.7. The summed E-state index contributed by atoms with van der Waals surface area (Å²) in [6, 6.07) is 0. The van der Waals surface area contributed by atoms with Gasteiger partial charge in [0, 0.05) is 0 Å². The summed E-state index contributed by atoms with van der Waals surface area (Å²) in [7, 11) is 0. The predicted molar refractivity (Wildman–Crippen MR) is 37.9 cm³/mol. The van der Waals surface area contributed by atoms with Gasteiger partial charge in [-0.25, -0.2) is 0 Å². The fourth-order valence-electron chi connectivity index (χ4n) is 0.668. The second-order valence-electron chi connectivity index (χ2n) is 2.20. The van der Waals surface area contributed by atoms with Crippen LogP contribution < -0.4 is 5.39 Å². The van der Waals surface area contributed by atoms with Gasteiger partial charge < -0.3 is 9.94 Å². The van der Waals surface area contributed by atoms with Gasteiger partial charge in [-0.1, -0.05) is 5.39 Å². The summed E-state index contributed by atoms with van der Waals surface area (Å²) in [4.78, 5) is 15.0. The largest absolute Gasteiger partial charge is 0.566 e. The number of esters is 1. The first-order chi connectivity index (χ1) is 5.56. The monoisotopic (exact) mass is 179 g/mol. The quantitative estimate of drug-likeness (QED) is 0.419. The number of carbonyl (C=O) groups excluding carboxylic acids is 1. The molecule has 0 saturated heterocycles. The Bertz CT molecular complexity index is 138. The van der Waals surface area contributed by atoms with Crippen LogP contribution in [0.15, 0.2) is 0 Å². The molecule has 0 aromatic heterocycles. The van der Waals surface area contributed by atoms with Crippen molar-refractivity contribution < 1.29 is 25.0 Å². The van der Waals surface area contributed by atoms with Gasteiger partial charge in [-0.2, -0.15) is 10.0 Å². The van der Waals surface area contributed by atoms with Crippen LogP contribution in [-0.2, 0) is 14.4 Å². The lowest BCUT2D eigenvalue weighted by atomic mass is 10.3. The molecule has 72 valence electrons. The molecular weight excluding hydrogens is 166 g/mol. The van der Waals surface area contributed by atoms with Crippen LogP contribution in [0.2, 0.25) is 0 Å². The lowest BCUT2D eigenvalue weighted by Crippen LogP contribution is -3.04. The molecule has 0 aliphatic rings. The highest BCUT2D eigenvalue weighted by Gasteiger charge is 2.13. The minimum absolute atomic E-state index is 0.0415. The van der Waals surface area contributed by atoms with Crippen LogP contribution in [0.4, 0.5) is 0 Å². The fraction of sp³-hybridized carbons (Fsp3) is 0.833. The third-order valence-electron chi connectivity index (χ3n) is 1.06. The van der Waals surface area contributed by atoms with Gasteiger partial charge in [-0.3, -0.25) is 4.79 Å². The van der Waals surface area contributed by atoms with Gasteiger partial charge in [-0.05, 0) is 13.8 Å². The van der Waals surface area contributed by atoms with E-state index in [1.807, 2.05) is 0 Å². The maximum Gasteiger partial charge on any atom is 0.308 e. The molecule has 2 atom stereocenters. The Kier molecular flexibility index (Phi) is 5.56. The van der Waals surface area contributed by atoms with E-state index in [2.05, 4.69) is 9.57 Å². The highest BCUT2D eigenvalue weighted by atomic mass is 17.1. The zero-order valence-corrected chi connectivity index (χ0v) is 7.07. The molecule has 6 heteroatoms. The highest BCUT2D eigenvalue weighted by Crippen LogP contribution is 1.95. The number of carbonyl (C=O) groups is 1. The molecule has 1 unspecified atom stereocenters. The summed E-state index contributed by atoms with van der Waals surface area (Å²) < 4.78 is 4.58.